The second kappa shape index (κ2) is 4.12. The van der Waals surface area contributed by atoms with Crippen LogP contribution in [0.15, 0.2) is 27.8 Å². The minimum absolute atomic E-state index is 0.00875. The van der Waals surface area contributed by atoms with Crippen molar-refractivity contribution in [2.75, 3.05) is 0 Å². The van der Waals surface area contributed by atoms with Crippen molar-refractivity contribution in [3.8, 4) is 11.4 Å². The normalized spacial score (nSPS) is 11.2. The van der Waals surface area contributed by atoms with E-state index in [9.17, 15) is 18.4 Å². The fourth-order valence-electron chi connectivity index (χ4n) is 1.91. The highest BCUT2D eigenvalue weighted by molar-refractivity contribution is 5.75. The largest absolute Gasteiger partial charge is 0.332 e. The van der Waals surface area contributed by atoms with Gasteiger partial charge in [-0.3, -0.25) is 14.3 Å². The standard InChI is InChI=1S/C12H8F2N4O2/c1-18-10-8(11(19)17-12(18)20)15-9(16-10)6-3-2-5(13)4-7(6)14/h2-4H,1H3,(H,15,16)(H,17,19,20). The Morgan fingerprint density at radius 1 is 1.20 bits per heavy atom. The van der Waals surface area contributed by atoms with Crippen LogP contribution in [0.4, 0.5) is 8.78 Å². The first-order valence-electron chi connectivity index (χ1n) is 5.62. The molecule has 8 heteroatoms. The minimum atomic E-state index is -0.814. The van der Waals surface area contributed by atoms with Gasteiger partial charge in [-0.15, -0.1) is 0 Å². The molecule has 0 amide bonds. The summed E-state index contributed by atoms with van der Waals surface area (Å²) in [4.78, 5) is 31.8. The van der Waals surface area contributed by atoms with E-state index >= 15 is 0 Å². The van der Waals surface area contributed by atoms with Crippen LogP contribution in [-0.4, -0.2) is 19.5 Å². The summed E-state index contributed by atoms with van der Waals surface area (Å²) in [7, 11) is 1.42. The highest BCUT2D eigenvalue weighted by Gasteiger charge is 2.14. The number of nitrogens with zero attached hydrogens (tertiary/aromatic N) is 2. The number of halogens is 2. The molecule has 0 saturated heterocycles. The first-order valence-corrected chi connectivity index (χ1v) is 5.62. The molecular formula is C12H8F2N4O2. The maximum atomic E-state index is 13.7. The highest BCUT2D eigenvalue weighted by Crippen LogP contribution is 2.21. The number of aromatic amines is 2. The number of aryl methyl sites for hydroxylation is 1. The van der Waals surface area contributed by atoms with Crippen molar-refractivity contribution in [2.45, 2.75) is 0 Å². The molecule has 2 N–H and O–H groups in total. The summed E-state index contributed by atoms with van der Waals surface area (Å²) >= 11 is 0. The maximum Gasteiger partial charge on any atom is 0.329 e. The molecule has 0 radical (unpaired) electrons. The minimum Gasteiger partial charge on any atom is -0.332 e. The second-order valence-electron chi connectivity index (χ2n) is 4.23. The van der Waals surface area contributed by atoms with Gasteiger partial charge in [-0.05, 0) is 12.1 Å². The third-order valence-electron chi connectivity index (χ3n) is 2.94. The monoisotopic (exact) mass is 278 g/mol. The number of benzene rings is 1. The van der Waals surface area contributed by atoms with E-state index in [1.807, 2.05) is 0 Å². The first kappa shape index (κ1) is 12.3. The summed E-state index contributed by atoms with van der Waals surface area (Å²) < 4.78 is 27.7. The molecule has 0 saturated carbocycles. The molecule has 20 heavy (non-hydrogen) atoms. The van der Waals surface area contributed by atoms with Gasteiger partial charge in [0.25, 0.3) is 5.56 Å². The molecule has 2 heterocycles. The zero-order chi connectivity index (χ0) is 14.4. The number of hydrogen-bond donors (Lipinski definition) is 2. The molecule has 3 aromatic rings. The van der Waals surface area contributed by atoms with Crippen LogP contribution in [0.3, 0.4) is 0 Å². The number of H-pyrrole nitrogens is 2. The smallest absolute Gasteiger partial charge is 0.329 e. The Morgan fingerprint density at radius 2 is 1.95 bits per heavy atom. The Balaban J connectivity index is 2.34. The molecule has 0 fully saturated rings. The average molecular weight is 278 g/mol. The van der Waals surface area contributed by atoms with Gasteiger partial charge in [0.1, 0.15) is 23.0 Å². The molecule has 0 bridgehead atoms. The number of aromatic nitrogens is 4. The Kier molecular flexibility index (Phi) is 2.53. The molecule has 0 atom stereocenters. The van der Waals surface area contributed by atoms with E-state index in [0.717, 1.165) is 10.6 Å². The van der Waals surface area contributed by atoms with Crippen LogP contribution in [0.25, 0.3) is 22.6 Å². The van der Waals surface area contributed by atoms with Gasteiger partial charge in [-0.25, -0.2) is 18.6 Å². The SMILES string of the molecule is Cn1c(=O)[nH]c(=O)c2[nH]c(-c3ccc(F)cc3F)nc21. The average Bonchev–Trinajstić information content (AvgIpc) is 2.81. The first-order chi connectivity index (χ1) is 9.47. The summed E-state index contributed by atoms with van der Waals surface area (Å²) in [5, 5.41) is 0. The summed E-state index contributed by atoms with van der Waals surface area (Å²) in [6.07, 6.45) is 0. The molecule has 0 aliphatic rings. The quantitative estimate of drug-likeness (QED) is 0.693. The second-order valence-corrected chi connectivity index (χ2v) is 4.23. The van der Waals surface area contributed by atoms with Gasteiger partial charge in [-0.2, -0.15) is 0 Å². The van der Waals surface area contributed by atoms with E-state index in [2.05, 4.69) is 15.0 Å². The zero-order valence-corrected chi connectivity index (χ0v) is 10.2. The molecule has 6 nitrogen and oxygen atoms in total. The Labute approximate surface area is 109 Å². The van der Waals surface area contributed by atoms with Crippen LogP contribution in [0, 0.1) is 11.6 Å². The molecule has 102 valence electrons. The Bertz CT molecular complexity index is 939. The number of nitrogens with one attached hydrogen (secondary N) is 2. The van der Waals surface area contributed by atoms with E-state index in [1.54, 1.807) is 0 Å². The molecule has 0 unspecified atom stereocenters. The molecule has 2 aromatic heterocycles. The van der Waals surface area contributed by atoms with Gasteiger partial charge in [0.2, 0.25) is 0 Å². The van der Waals surface area contributed by atoms with Gasteiger partial charge < -0.3 is 4.98 Å². The molecule has 0 spiro atoms. The van der Waals surface area contributed by atoms with Crippen molar-refractivity contribution in [1.82, 2.24) is 19.5 Å². The number of fused-ring (bicyclic) bond motifs is 1. The molecule has 3 rings (SSSR count). The fraction of sp³-hybridized carbons (Fsp3) is 0.0833. The highest BCUT2D eigenvalue weighted by atomic mass is 19.1. The molecule has 0 aliphatic heterocycles. The number of hydrogen-bond acceptors (Lipinski definition) is 3. The van der Waals surface area contributed by atoms with Gasteiger partial charge in [0.15, 0.2) is 5.65 Å². The number of rotatable bonds is 1. The topological polar surface area (TPSA) is 83.5 Å². The Hall–Kier alpha value is -2.77. The van der Waals surface area contributed by atoms with Crippen molar-refractivity contribution in [3.63, 3.8) is 0 Å². The lowest BCUT2D eigenvalue weighted by molar-refractivity contribution is 0.585. The van der Waals surface area contributed by atoms with E-state index in [1.165, 1.54) is 13.1 Å². The lowest BCUT2D eigenvalue weighted by atomic mass is 10.2. The van der Waals surface area contributed by atoms with Crippen molar-refractivity contribution in [3.05, 3.63) is 50.7 Å². The summed E-state index contributed by atoms with van der Waals surface area (Å²) in [5.74, 6) is -1.48. The summed E-state index contributed by atoms with van der Waals surface area (Å²) in [5.41, 5.74) is -1.12. The third kappa shape index (κ3) is 1.73. The van der Waals surface area contributed by atoms with Gasteiger partial charge >= 0.3 is 5.69 Å². The van der Waals surface area contributed by atoms with Gasteiger partial charge in [0.05, 0.1) is 5.56 Å². The predicted molar refractivity (Wildman–Crippen MR) is 67.3 cm³/mol. The van der Waals surface area contributed by atoms with E-state index in [-0.39, 0.29) is 22.6 Å². The Morgan fingerprint density at radius 3 is 2.65 bits per heavy atom. The lowest BCUT2D eigenvalue weighted by Crippen LogP contribution is -2.28. The summed E-state index contributed by atoms with van der Waals surface area (Å²) in [6, 6.07) is 3.00. The van der Waals surface area contributed by atoms with Crippen molar-refractivity contribution in [2.24, 2.45) is 7.05 Å². The van der Waals surface area contributed by atoms with E-state index < -0.39 is 22.9 Å². The zero-order valence-electron chi connectivity index (χ0n) is 10.2. The third-order valence-corrected chi connectivity index (χ3v) is 2.94. The van der Waals surface area contributed by atoms with Crippen LogP contribution in [0.5, 0.6) is 0 Å². The molecule has 0 aliphatic carbocycles. The molecular weight excluding hydrogens is 270 g/mol. The maximum absolute atomic E-state index is 13.7. The van der Waals surface area contributed by atoms with Crippen LogP contribution in [-0.2, 0) is 7.05 Å². The van der Waals surface area contributed by atoms with Crippen LogP contribution in [0.1, 0.15) is 0 Å². The molecule has 1 aromatic carbocycles. The lowest BCUT2D eigenvalue weighted by Gasteiger charge is -1.98. The summed E-state index contributed by atoms with van der Waals surface area (Å²) in [6.45, 7) is 0. The van der Waals surface area contributed by atoms with Crippen molar-refractivity contribution in [1.29, 1.82) is 0 Å². The van der Waals surface area contributed by atoms with Crippen LogP contribution >= 0.6 is 0 Å². The van der Waals surface area contributed by atoms with Gasteiger partial charge in [0, 0.05) is 13.1 Å². The van der Waals surface area contributed by atoms with Crippen LogP contribution < -0.4 is 11.2 Å². The van der Waals surface area contributed by atoms with E-state index in [0.29, 0.717) is 6.07 Å². The number of imidazole rings is 1. The van der Waals surface area contributed by atoms with Crippen molar-refractivity contribution < 1.29 is 8.78 Å². The van der Waals surface area contributed by atoms with Crippen molar-refractivity contribution >= 4 is 11.2 Å². The van der Waals surface area contributed by atoms with Crippen LogP contribution in [0.2, 0.25) is 0 Å². The van der Waals surface area contributed by atoms with E-state index in [4.69, 9.17) is 0 Å². The fourth-order valence-corrected chi connectivity index (χ4v) is 1.91. The van der Waals surface area contributed by atoms with Gasteiger partial charge in [-0.1, -0.05) is 0 Å². The predicted octanol–water partition coefficient (Wildman–Crippen LogP) is 0.895.